The van der Waals surface area contributed by atoms with Crippen LogP contribution in [0.5, 0.6) is 0 Å². The van der Waals surface area contributed by atoms with Gasteiger partial charge in [-0.3, -0.25) is 9.78 Å². The first-order valence-corrected chi connectivity index (χ1v) is 4.18. The number of rotatable bonds is 1. The van der Waals surface area contributed by atoms with Gasteiger partial charge in [0.05, 0.1) is 0 Å². The lowest BCUT2D eigenvalue weighted by Gasteiger charge is -1.94. The summed E-state index contributed by atoms with van der Waals surface area (Å²) in [6.07, 6.45) is 1.03. The molecule has 0 radical (unpaired) electrons. The second-order valence-corrected chi connectivity index (χ2v) is 2.64. The summed E-state index contributed by atoms with van der Waals surface area (Å²) in [6.45, 7) is 5.21. The fourth-order valence-corrected chi connectivity index (χ4v) is 0.796. The molecule has 1 aromatic rings. The lowest BCUT2D eigenvalue weighted by molar-refractivity contribution is -0.134. The van der Waals surface area contributed by atoms with Gasteiger partial charge in [0.15, 0.2) is 0 Å². The van der Waals surface area contributed by atoms with Crippen molar-refractivity contribution in [3.8, 4) is 0 Å². The second-order valence-electron chi connectivity index (χ2n) is 2.64. The fraction of sp³-hybridized carbons (Fsp3) is 0.400. The molecular formula is C10H15NO2. The molecule has 0 saturated carbocycles. The maximum Gasteiger partial charge on any atom is 0.300 e. The molecule has 1 aromatic heterocycles. The zero-order chi connectivity index (χ0) is 10.3. The molecule has 0 saturated heterocycles. The molecule has 1 rings (SSSR count). The average molecular weight is 181 g/mol. The van der Waals surface area contributed by atoms with Crippen LogP contribution in [0.4, 0.5) is 0 Å². The molecular weight excluding hydrogens is 166 g/mol. The van der Waals surface area contributed by atoms with Crippen molar-refractivity contribution in [1.82, 2.24) is 4.98 Å². The van der Waals surface area contributed by atoms with Gasteiger partial charge in [-0.05, 0) is 25.5 Å². The third kappa shape index (κ3) is 7.00. The first kappa shape index (κ1) is 11.6. The molecule has 1 heterocycles. The van der Waals surface area contributed by atoms with Crippen LogP contribution in [-0.4, -0.2) is 16.1 Å². The molecule has 0 atom stereocenters. The zero-order valence-electron chi connectivity index (χ0n) is 8.24. The topological polar surface area (TPSA) is 50.2 Å². The summed E-state index contributed by atoms with van der Waals surface area (Å²) in [6, 6.07) is 6.10. The molecule has 0 fully saturated rings. The third-order valence-corrected chi connectivity index (χ3v) is 1.31. The van der Waals surface area contributed by atoms with E-state index in [1.54, 1.807) is 0 Å². The number of aryl methyl sites for hydroxylation is 2. The maximum atomic E-state index is 9.00. The highest BCUT2D eigenvalue weighted by Crippen LogP contribution is 1.97. The Kier molecular flexibility index (Phi) is 5.52. The Labute approximate surface area is 78.4 Å². The average Bonchev–Trinajstić information content (AvgIpc) is 2.03. The third-order valence-electron chi connectivity index (χ3n) is 1.31. The van der Waals surface area contributed by atoms with Crippen molar-refractivity contribution in [3.63, 3.8) is 0 Å². The number of aliphatic carboxylic acids is 1. The molecule has 0 aliphatic heterocycles. The van der Waals surface area contributed by atoms with E-state index in [2.05, 4.69) is 11.9 Å². The van der Waals surface area contributed by atoms with Gasteiger partial charge in [0, 0.05) is 18.3 Å². The highest BCUT2D eigenvalue weighted by molar-refractivity contribution is 5.62. The van der Waals surface area contributed by atoms with Crippen LogP contribution >= 0.6 is 0 Å². The SMILES string of the molecule is CC(=O)O.CCc1cccc(C)n1. The predicted octanol–water partition coefficient (Wildman–Crippen LogP) is 2.04. The first-order valence-electron chi connectivity index (χ1n) is 4.18. The summed E-state index contributed by atoms with van der Waals surface area (Å²) in [4.78, 5) is 13.3. The lowest BCUT2D eigenvalue weighted by atomic mass is 10.3. The second kappa shape index (κ2) is 6.17. The van der Waals surface area contributed by atoms with E-state index in [4.69, 9.17) is 9.90 Å². The van der Waals surface area contributed by atoms with Gasteiger partial charge in [-0.25, -0.2) is 0 Å². The summed E-state index contributed by atoms with van der Waals surface area (Å²) in [5, 5.41) is 7.42. The van der Waals surface area contributed by atoms with E-state index in [1.807, 2.05) is 25.1 Å². The fourth-order valence-electron chi connectivity index (χ4n) is 0.796. The lowest BCUT2D eigenvalue weighted by Crippen LogP contribution is -1.87. The monoisotopic (exact) mass is 181 g/mol. The van der Waals surface area contributed by atoms with E-state index in [0.29, 0.717) is 0 Å². The molecule has 0 bridgehead atoms. The summed E-state index contributed by atoms with van der Waals surface area (Å²) < 4.78 is 0. The number of hydrogen-bond donors (Lipinski definition) is 1. The summed E-state index contributed by atoms with van der Waals surface area (Å²) in [5.74, 6) is -0.833. The first-order chi connectivity index (χ1) is 6.06. The van der Waals surface area contributed by atoms with Crippen LogP contribution in [-0.2, 0) is 11.2 Å². The quantitative estimate of drug-likeness (QED) is 0.721. The number of carboxylic acid groups (broad SMARTS) is 1. The number of nitrogens with zero attached hydrogens (tertiary/aromatic N) is 1. The highest BCUT2D eigenvalue weighted by atomic mass is 16.4. The molecule has 0 unspecified atom stereocenters. The van der Waals surface area contributed by atoms with Gasteiger partial charge in [0.25, 0.3) is 5.97 Å². The van der Waals surface area contributed by atoms with Crippen LogP contribution in [0.1, 0.15) is 25.2 Å². The molecule has 0 aromatic carbocycles. The normalized spacial score (nSPS) is 8.54. The van der Waals surface area contributed by atoms with Crippen LogP contribution in [0.3, 0.4) is 0 Å². The van der Waals surface area contributed by atoms with Crippen LogP contribution in [0, 0.1) is 6.92 Å². The minimum absolute atomic E-state index is 0.833. The van der Waals surface area contributed by atoms with E-state index in [0.717, 1.165) is 19.0 Å². The van der Waals surface area contributed by atoms with E-state index in [1.165, 1.54) is 5.69 Å². The van der Waals surface area contributed by atoms with Gasteiger partial charge in [-0.1, -0.05) is 13.0 Å². The largest absolute Gasteiger partial charge is 0.481 e. The number of hydrogen-bond acceptors (Lipinski definition) is 2. The van der Waals surface area contributed by atoms with E-state index in [9.17, 15) is 0 Å². The zero-order valence-corrected chi connectivity index (χ0v) is 8.24. The molecule has 3 nitrogen and oxygen atoms in total. The van der Waals surface area contributed by atoms with Crippen LogP contribution in [0.25, 0.3) is 0 Å². The number of carboxylic acids is 1. The van der Waals surface area contributed by atoms with Crippen molar-refractivity contribution in [2.24, 2.45) is 0 Å². The standard InChI is InChI=1S/C8H11N.C2H4O2/c1-3-8-6-4-5-7(2)9-8;1-2(3)4/h4-6H,3H2,1-2H3;1H3,(H,3,4). The molecule has 1 N–H and O–H groups in total. The van der Waals surface area contributed by atoms with Gasteiger partial charge in [-0.2, -0.15) is 0 Å². The van der Waals surface area contributed by atoms with Crippen molar-refractivity contribution in [1.29, 1.82) is 0 Å². The Hall–Kier alpha value is -1.38. The predicted molar refractivity (Wildman–Crippen MR) is 51.7 cm³/mol. The van der Waals surface area contributed by atoms with Crippen LogP contribution in [0.15, 0.2) is 18.2 Å². The minimum atomic E-state index is -0.833. The number of carbonyl (C=O) groups is 1. The van der Waals surface area contributed by atoms with Crippen molar-refractivity contribution in [2.45, 2.75) is 27.2 Å². The van der Waals surface area contributed by atoms with Gasteiger partial charge < -0.3 is 5.11 Å². The van der Waals surface area contributed by atoms with E-state index >= 15 is 0 Å². The molecule has 72 valence electrons. The summed E-state index contributed by atoms with van der Waals surface area (Å²) in [5.41, 5.74) is 2.28. The van der Waals surface area contributed by atoms with Crippen molar-refractivity contribution in [3.05, 3.63) is 29.6 Å². The van der Waals surface area contributed by atoms with Crippen molar-refractivity contribution < 1.29 is 9.90 Å². The Morgan fingerprint density at radius 2 is 2.08 bits per heavy atom. The van der Waals surface area contributed by atoms with Crippen molar-refractivity contribution >= 4 is 5.97 Å². The molecule has 3 heteroatoms. The number of aromatic nitrogens is 1. The molecule has 0 aliphatic carbocycles. The minimum Gasteiger partial charge on any atom is -0.481 e. The van der Waals surface area contributed by atoms with Crippen LogP contribution < -0.4 is 0 Å². The maximum absolute atomic E-state index is 9.00. The summed E-state index contributed by atoms with van der Waals surface area (Å²) in [7, 11) is 0. The van der Waals surface area contributed by atoms with E-state index in [-0.39, 0.29) is 0 Å². The van der Waals surface area contributed by atoms with Gasteiger partial charge >= 0.3 is 0 Å². The summed E-state index contributed by atoms with van der Waals surface area (Å²) >= 11 is 0. The number of pyridine rings is 1. The highest BCUT2D eigenvalue weighted by Gasteiger charge is 1.87. The van der Waals surface area contributed by atoms with E-state index < -0.39 is 5.97 Å². The molecule has 0 spiro atoms. The Balaban J connectivity index is 0.000000310. The molecule has 0 aliphatic rings. The Bertz CT molecular complexity index is 267. The smallest absolute Gasteiger partial charge is 0.300 e. The Morgan fingerprint density at radius 1 is 1.54 bits per heavy atom. The van der Waals surface area contributed by atoms with Gasteiger partial charge in [-0.15, -0.1) is 0 Å². The van der Waals surface area contributed by atoms with Crippen LogP contribution in [0.2, 0.25) is 0 Å². The van der Waals surface area contributed by atoms with Gasteiger partial charge in [0.2, 0.25) is 0 Å². The Morgan fingerprint density at radius 3 is 2.38 bits per heavy atom. The van der Waals surface area contributed by atoms with Gasteiger partial charge in [0.1, 0.15) is 0 Å². The molecule has 0 amide bonds. The van der Waals surface area contributed by atoms with Crippen molar-refractivity contribution in [2.75, 3.05) is 0 Å². The molecule has 13 heavy (non-hydrogen) atoms.